The fourth-order valence-electron chi connectivity index (χ4n) is 1.87. The van der Waals surface area contributed by atoms with E-state index in [0.717, 1.165) is 25.7 Å². The molecule has 1 saturated heterocycles. The second-order valence-corrected chi connectivity index (χ2v) is 7.09. The third-order valence-corrected chi connectivity index (χ3v) is 6.09. The minimum Gasteiger partial charge on any atom is -0.398 e. The number of nitrogen functional groups attached to an aromatic ring is 1. The Labute approximate surface area is 100 Å². The Morgan fingerprint density at radius 1 is 1.19 bits per heavy atom. The zero-order valence-electron chi connectivity index (χ0n) is 9.05. The Morgan fingerprint density at radius 2 is 1.81 bits per heavy atom. The normalized spacial score (nSPS) is 19.5. The molecule has 2 rings (SSSR count). The van der Waals surface area contributed by atoms with Crippen molar-refractivity contribution >= 4 is 27.0 Å². The van der Waals surface area contributed by atoms with Crippen LogP contribution in [0, 0.1) is 0 Å². The van der Waals surface area contributed by atoms with Gasteiger partial charge in [0.05, 0.1) is 0 Å². The van der Waals surface area contributed by atoms with E-state index >= 15 is 0 Å². The highest BCUT2D eigenvalue weighted by Crippen LogP contribution is 2.26. The van der Waals surface area contributed by atoms with Crippen LogP contribution in [0.4, 0.5) is 5.69 Å². The van der Waals surface area contributed by atoms with Crippen molar-refractivity contribution in [1.29, 1.82) is 0 Å². The maximum Gasteiger partial charge on any atom is 0.252 e. The van der Waals surface area contributed by atoms with Crippen LogP contribution in [0.3, 0.4) is 0 Å². The van der Waals surface area contributed by atoms with Crippen LogP contribution in [-0.2, 0) is 10.0 Å². The van der Waals surface area contributed by atoms with Crippen molar-refractivity contribution in [2.45, 2.75) is 29.9 Å². The molecule has 0 bridgehead atoms. The van der Waals surface area contributed by atoms with Gasteiger partial charge in [0.1, 0.15) is 4.21 Å². The molecule has 1 fully saturated rings. The Bertz CT molecular complexity index is 445. The molecule has 4 nitrogen and oxygen atoms in total. The molecule has 2 N–H and O–H groups in total. The van der Waals surface area contributed by atoms with E-state index in [2.05, 4.69) is 0 Å². The number of nitrogens with zero attached hydrogens (tertiary/aromatic N) is 1. The third kappa shape index (κ3) is 2.39. The van der Waals surface area contributed by atoms with Crippen LogP contribution in [0.5, 0.6) is 0 Å². The van der Waals surface area contributed by atoms with Crippen molar-refractivity contribution in [3.8, 4) is 0 Å². The summed E-state index contributed by atoms with van der Waals surface area (Å²) >= 11 is 1.20. The SMILES string of the molecule is Nc1csc(S(=O)(=O)N2CCCCCC2)c1. The van der Waals surface area contributed by atoms with E-state index in [9.17, 15) is 8.42 Å². The first-order chi connectivity index (χ1) is 7.60. The summed E-state index contributed by atoms with van der Waals surface area (Å²) in [6.07, 6.45) is 4.16. The topological polar surface area (TPSA) is 63.4 Å². The van der Waals surface area contributed by atoms with Gasteiger partial charge in [-0.1, -0.05) is 12.8 Å². The van der Waals surface area contributed by atoms with Gasteiger partial charge in [0.25, 0.3) is 10.0 Å². The average Bonchev–Trinajstić information content (AvgIpc) is 2.54. The fourth-order valence-corrected chi connectivity index (χ4v) is 4.62. The Kier molecular flexibility index (Phi) is 3.51. The van der Waals surface area contributed by atoms with E-state index in [1.54, 1.807) is 15.8 Å². The molecule has 0 saturated carbocycles. The van der Waals surface area contributed by atoms with Crippen LogP contribution in [0.25, 0.3) is 0 Å². The van der Waals surface area contributed by atoms with E-state index in [0.29, 0.717) is 23.0 Å². The molecule has 0 radical (unpaired) electrons. The lowest BCUT2D eigenvalue weighted by molar-refractivity contribution is 0.425. The highest BCUT2D eigenvalue weighted by atomic mass is 32.2. The zero-order chi connectivity index (χ0) is 11.6. The van der Waals surface area contributed by atoms with Crippen LogP contribution in [0.15, 0.2) is 15.7 Å². The van der Waals surface area contributed by atoms with E-state index < -0.39 is 10.0 Å². The fraction of sp³-hybridized carbons (Fsp3) is 0.600. The largest absolute Gasteiger partial charge is 0.398 e. The molecule has 1 aromatic rings. The maximum absolute atomic E-state index is 12.2. The minimum atomic E-state index is -3.29. The van der Waals surface area contributed by atoms with E-state index in [1.807, 2.05) is 0 Å². The highest BCUT2D eigenvalue weighted by molar-refractivity contribution is 7.91. The first-order valence-electron chi connectivity index (χ1n) is 5.45. The van der Waals surface area contributed by atoms with Crippen molar-refractivity contribution in [3.05, 3.63) is 11.4 Å². The first kappa shape index (κ1) is 11.9. The summed E-state index contributed by atoms with van der Waals surface area (Å²) < 4.78 is 26.4. The van der Waals surface area contributed by atoms with Gasteiger partial charge >= 0.3 is 0 Å². The van der Waals surface area contributed by atoms with Gasteiger partial charge in [-0.25, -0.2) is 8.42 Å². The van der Waals surface area contributed by atoms with E-state index in [1.165, 1.54) is 11.3 Å². The van der Waals surface area contributed by atoms with Crippen molar-refractivity contribution < 1.29 is 8.42 Å². The van der Waals surface area contributed by atoms with Gasteiger partial charge in [-0.3, -0.25) is 0 Å². The van der Waals surface area contributed by atoms with Crippen molar-refractivity contribution in [1.82, 2.24) is 4.31 Å². The number of sulfonamides is 1. The Hall–Kier alpha value is -0.590. The molecule has 90 valence electrons. The number of rotatable bonds is 2. The van der Waals surface area contributed by atoms with Crippen LogP contribution in [0.2, 0.25) is 0 Å². The monoisotopic (exact) mass is 260 g/mol. The van der Waals surface area contributed by atoms with Crippen LogP contribution in [-0.4, -0.2) is 25.8 Å². The lowest BCUT2D eigenvalue weighted by atomic mass is 10.2. The molecule has 1 aliphatic rings. The predicted octanol–water partition coefficient (Wildman–Crippen LogP) is 1.90. The Balaban J connectivity index is 2.23. The van der Waals surface area contributed by atoms with Gasteiger partial charge in [0.15, 0.2) is 0 Å². The number of hydrogen-bond acceptors (Lipinski definition) is 4. The summed E-state index contributed by atoms with van der Waals surface area (Å²) in [4.78, 5) is 0. The highest BCUT2D eigenvalue weighted by Gasteiger charge is 2.26. The molecular formula is C10H16N2O2S2. The number of hydrogen-bond donors (Lipinski definition) is 1. The molecule has 1 aliphatic heterocycles. The minimum absolute atomic E-state index is 0.368. The molecule has 0 amide bonds. The van der Waals surface area contributed by atoms with E-state index in [4.69, 9.17) is 5.73 Å². The zero-order valence-corrected chi connectivity index (χ0v) is 10.7. The summed E-state index contributed by atoms with van der Waals surface area (Å²) in [5.41, 5.74) is 6.09. The van der Waals surface area contributed by atoms with Crippen molar-refractivity contribution in [2.24, 2.45) is 0 Å². The molecule has 0 aliphatic carbocycles. The maximum atomic E-state index is 12.2. The molecule has 6 heteroatoms. The molecule has 0 atom stereocenters. The molecule has 0 unspecified atom stereocenters. The van der Waals surface area contributed by atoms with Crippen LogP contribution in [0.1, 0.15) is 25.7 Å². The summed E-state index contributed by atoms with van der Waals surface area (Å²) in [6.45, 7) is 1.28. The second-order valence-electron chi connectivity index (χ2n) is 4.02. The summed E-state index contributed by atoms with van der Waals surface area (Å²) in [7, 11) is -3.29. The second kappa shape index (κ2) is 4.73. The standard InChI is InChI=1S/C10H16N2O2S2/c11-9-7-10(15-8-9)16(13,14)12-5-3-1-2-4-6-12/h7-8H,1-6,11H2. The van der Waals surface area contributed by atoms with Gasteiger partial charge < -0.3 is 5.73 Å². The molecular weight excluding hydrogens is 244 g/mol. The van der Waals surface area contributed by atoms with Crippen LogP contribution >= 0.6 is 11.3 Å². The summed E-state index contributed by atoms with van der Waals surface area (Å²) in [5.74, 6) is 0. The van der Waals surface area contributed by atoms with Crippen molar-refractivity contribution in [2.75, 3.05) is 18.8 Å². The molecule has 0 spiro atoms. The first-order valence-corrected chi connectivity index (χ1v) is 7.77. The van der Waals surface area contributed by atoms with Gasteiger partial charge in [-0.05, 0) is 18.9 Å². The predicted molar refractivity (Wildman–Crippen MR) is 66.0 cm³/mol. The molecule has 2 heterocycles. The van der Waals surface area contributed by atoms with Crippen molar-refractivity contribution in [3.63, 3.8) is 0 Å². The lowest BCUT2D eigenvalue weighted by Gasteiger charge is -2.18. The third-order valence-electron chi connectivity index (χ3n) is 2.75. The average molecular weight is 260 g/mol. The summed E-state index contributed by atoms with van der Waals surface area (Å²) in [5, 5.41) is 1.67. The quantitative estimate of drug-likeness (QED) is 0.883. The smallest absolute Gasteiger partial charge is 0.252 e. The van der Waals surface area contributed by atoms with Gasteiger partial charge in [-0.2, -0.15) is 4.31 Å². The number of anilines is 1. The van der Waals surface area contributed by atoms with E-state index in [-0.39, 0.29) is 0 Å². The summed E-state index contributed by atoms with van der Waals surface area (Å²) in [6, 6.07) is 1.55. The molecule has 16 heavy (non-hydrogen) atoms. The van der Waals surface area contributed by atoms with Gasteiger partial charge in [0, 0.05) is 24.2 Å². The van der Waals surface area contributed by atoms with Gasteiger partial charge in [-0.15, -0.1) is 11.3 Å². The number of nitrogens with two attached hydrogens (primary N) is 1. The Morgan fingerprint density at radius 3 is 2.31 bits per heavy atom. The lowest BCUT2D eigenvalue weighted by Crippen LogP contribution is -2.31. The molecule has 0 aromatic carbocycles. The van der Waals surface area contributed by atoms with Gasteiger partial charge in [0.2, 0.25) is 0 Å². The number of thiophene rings is 1. The van der Waals surface area contributed by atoms with Crippen LogP contribution < -0.4 is 5.73 Å². The molecule has 1 aromatic heterocycles.